The maximum Gasteiger partial charge on any atom is 0.335 e. The van der Waals surface area contributed by atoms with E-state index in [0.717, 1.165) is 5.56 Å². The van der Waals surface area contributed by atoms with Crippen LogP contribution in [0.25, 0.3) is 0 Å². The third kappa shape index (κ3) is 3.59. The third-order valence-electron chi connectivity index (χ3n) is 4.65. The fourth-order valence-corrected chi connectivity index (χ4v) is 3.24. The van der Waals surface area contributed by atoms with Gasteiger partial charge in [-0.1, -0.05) is 0 Å². The monoisotopic (exact) mass is 393 g/mol. The number of pyridine rings is 1. The molecule has 148 valence electrons. The molecule has 0 atom stereocenters. The Bertz CT molecular complexity index is 1020. The molecule has 0 N–H and O–H groups in total. The van der Waals surface area contributed by atoms with E-state index in [1.54, 1.807) is 54.5 Å². The number of aromatic nitrogens is 1. The van der Waals surface area contributed by atoms with Crippen LogP contribution in [0, 0.1) is 5.82 Å². The predicted molar refractivity (Wildman–Crippen MR) is 109 cm³/mol. The van der Waals surface area contributed by atoms with E-state index in [9.17, 15) is 9.18 Å². The number of amides is 2. The van der Waals surface area contributed by atoms with E-state index in [1.807, 2.05) is 13.0 Å². The van der Waals surface area contributed by atoms with E-state index in [1.165, 1.54) is 17.0 Å². The number of benzene rings is 2. The number of rotatable bonds is 5. The molecule has 1 aromatic heterocycles. The number of anilines is 3. The van der Waals surface area contributed by atoms with E-state index in [0.29, 0.717) is 42.0 Å². The number of nitrogens with zero attached hydrogens (tertiary/aromatic N) is 3. The molecule has 7 heteroatoms. The Morgan fingerprint density at radius 1 is 1.00 bits per heavy atom. The SMILES string of the molecule is CCOc1ccc2c(n1)N(c1ccc(OC)cc1)C(=O)N(c1ccc(F)cc1)C2. The summed E-state index contributed by atoms with van der Waals surface area (Å²) in [6.45, 7) is 2.68. The average Bonchev–Trinajstić information content (AvgIpc) is 2.74. The highest BCUT2D eigenvalue weighted by atomic mass is 19.1. The molecule has 1 aliphatic heterocycles. The zero-order chi connectivity index (χ0) is 20.4. The number of halogens is 1. The van der Waals surface area contributed by atoms with Crippen LogP contribution < -0.4 is 19.3 Å². The zero-order valence-electron chi connectivity index (χ0n) is 16.1. The fourth-order valence-electron chi connectivity index (χ4n) is 3.24. The molecule has 0 saturated carbocycles. The quantitative estimate of drug-likeness (QED) is 0.618. The number of hydrogen-bond donors (Lipinski definition) is 0. The van der Waals surface area contributed by atoms with Crippen LogP contribution in [0.2, 0.25) is 0 Å². The lowest BCUT2D eigenvalue weighted by atomic mass is 10.1. The van der Waals surface area contributed by atoms with Crippen LogP contribution in [-0.2, 0) is 6.54 Å². The lowest BCUT2D eigenvalue weighted by molar-refractivity contribution is 0.252. The summed E-state index contributed by atoms with van der Waals surface area (Å²) < 4.78 is 24.1. The van der Waals surface area contributed by atoms with Crippen LogP contribution in [0.3, 0.4) is 0 Å². The highest BCUT2D eigenvalue weighted by Crippen LogP contribution is 2.37. The van der Waals surface area contributed by atoms with Crippen molar-refractivity contribution in [3.8, 4) is 11.6 Å². The Labute approximate surface area is 168 Å². The lowest BCUT2D eigenvalue weighted by Gasteiger charge is -2.36. The van der Waals surface area contributed by atoms with Crippen molar-refractivity contribution in [1.82, 2.24) is 4.98 Å². The van der Waals surface area contributed by atoms with Gasteiger partial charge in [0, 0.05) is 17.3 Å². The second-order valence-electron chi connectivity index (χ2n) is 6.44. The maximum atomic E-state index is 13.4. The van der Waals surface area contributed by atoms with Gasteiger partial charge in [-0.15, -0.1) is 0 Å². The van der Waals surface area contributed by atoms with Crippen molar-refractivity contribution >= 4 is 23.2 Å². The van der Waals surface area contributed by atoms with Crippen LogP contribution in [0.1, 0.15) is 12.5 Å². The summed E-state index contributed by atoms with van der Waals surface area (Å²) in [5.41, 5.74) is 2.10. The first-order valence-corrected chi connectivity index (χ1v) is 9.24. The average molecular weight is 393 g/mol. The van der Waals surface area contributed by atoms with E-state index in [4.69, 9.17) is 9.47 Å². The van der Waals surface area contributed by atoms with Gasteiger partial charge in [-0.3, -0.25) is 4.90 Å². The van der Waals surface area contributed by atoms with Crippen molar-refractivity contribution in [2.45, 2.75) is 13.5 Å². The van der Waals surface area contributed by atoms with Crippen LogP contribution in [-0.4, -0.2) is 24.7 Å². The molecular formula is C22H20FN3O3. The minimum Gasteiger partial charge on any atom is -0.497 e. The molecule has 0 spiro atoms. The van der Waals surface area contributed by atoms with Crippen LogP contribution in [0.5, 0.6) is 11.6 Å². The molecule has 0 radical (unpaired) electrons. The van der Waals surface area contributed by atoms with Gasteiger partial charge in [0.25, 0.3) is 0 Å². The number of carbonyl (C=O) groups is 1. The van der Waals surface area contributed by atoms with Crippen molar-refractivity contribution in [3.05, 3.63) is 72.0 Å². The summed E-state index contributed by atoms with van der Waals surface area (Å²) in [7, 11) is 1.59. The number of hydrogen-bond acceptors (Lipinski definition) is 4. The van der Waals surface area contributed by atoms with E-state index >= 15 is 0 Å². The summed E-state index contributed by atoms with van der Waals surface area (Å²) in [5, 5.41) is 0. The summed E-state index contributed by atoms with van der Waals surface area (Å²) in [4.78, 5) is 21.1. The first-order chi connectivity index (χ1) is 14.1. The van der Waals surface area contributed by atoms with Gasteiger partial charge in [0.05, 0.1) is 25.9 Å². The van der Waals surface area contributed by atoms with Gasteiger partial charge in [-0.25, -0.2) is 14.1 Å². The molecule has 0 bridgehead atoms. The standard InChI is InChI=1S/C22H20FN3O3/c1-3-29-20-13-4-15-14-25(17-7-5-16(23)6-8-17)22(27)26(21(15)24-20)18-9-11-19(28-2)12-10-18/h4-13H,3,14H2,1-2H3. The van der Waals surface area contributed by atoms with Gasteiger partial charge in [0.2, 0.25) is 5.88 Å². The fraction of sp³-hybridized carbons (Fsp3) is 0.182. The molecule has 2 aromatic carbocycles. The molecule has 4 rings (SSSR count). The normalized spacial score (nSPS) is 13.3. The summed E-state index contributed by atoms with van der Waals surface area (Å²) in [6, 6.07) is 16.4. The number of ether oxygens (including phenoxy) is 2. The molecule has 0 aliphatic carbocycles. The predicted octanol–water partition coefficient (Wildman–Crippen LogP) is 4.91. The lowest BCUT2D eigenvalue weighted by Crippen LogP contribution is -2.45. The van der Waals surface area contributed by atoms with E-state index < -0.39 is 0 Å². The zero-order valence-corrected chi connectivity index (χ0v) is 16.1. The largest absolute Gasteiger partial charge is 0.497 e. The van der Waals surface area contributed by atoms with Gasteiger partial charge >= 0.3 is 6.03 Å². The molecule has 2 amide bonds. The topological polar surface area (TPSA) is 54.9 Å². The molecule has 0 saturated heterocycles. The van der Waals surface area contributed by atoms with Gasteiger partial charge in [0.1, 0.15) is 17.4 Å². The van der Waals surface area contributed by atoms with E-state index in [2.05, 4.69) is 4.98 Å². The maximum absolute atomic E-state index is 13.4. The smallest absolute Gasteiger partial charge is 0.335 e. The minimum absolute atomic E-state index is 0.282. The summed E-state index contributed by atoms with van der Waals surface area (Å²) >= 11 is 0. The Morgan fingerprint density at radius 3 is 2.34 bits per heavy atom. The Balaban J connectivity index is 1.81. The van der Waals surface area contributed by atoms with Crippen molar-refractivity contribution in [3.63, 3.8) is 0 Å². The van der Waals surface area contributed by atoms with Crippen LogP contribution in [0.4, 0.5) is 26.4 Å². The van der Waals surface area contributed by atoms with Gasteiger partial charge in [-0.05, 0) is 61.5 Å². The van der Waals surface area contributed by atoms with Crippen molar-refractivity contribution in [1.29, 1.82) is 0 Å². The van der Waals surface area contributed by atoms with Gasteiger partial charge in [0.15, 0.2) is 0 Å². The molecule has 29 heavy (non-hydrogen) atoms. The van der Waals surface area contributed by atoms with Crippen molar-refractivity contribution < 1.29 is 18.7 Å². The minimum atomic E-state index is -0.353. The Kier molecular flexibility index (Phi) is 5.03. The molecule has 1 aliphatic rings. The molecule has 0 unspecified atom stereocenters. The van der Waals surface area contributed by atoms with Gasteiger partial charge < -0.3 is 9.47 Å². The molecule has 6 nitrogen and oxygen atoms in total. The summed E-state index contributed by atoms with van der Waals surface area (Å²) in [6.07, 6.45) is 0. The third-order valence-corrected chi connectivity index (χ3v) is 4.65. The number of methoxy groups -OCH3 is 1. The molecular weight excluding hydrogens is 373 g/mol. The van der Waals surface area contributed by atoms with Crippen LogP contribution in [0.15, 0.2) is 60.7 Å². The second kappa shape index (κ2) is 7.79. The number of carbonyl (C=O) groups excluding carboxylic acids is 1. The first kappa shape index (κ1) is 18.7. The van der Waals surface area contributed by atoms with Crippen molar-refractivity contribution in [2.24, 2.45) is 0 Å². The number of urea groups is 1. The highest BCUT2D eigenvalue weighted by Gasteiger charge is 2.34. The Hall–Kier alpha value is -3.61. The molecule has 2 heterocycles. The number of fused-ring (bicyclic) bond motifs is 1. The second-order valence-corrected chi connectivity index (χ2v) is 6.44. The van der Waals surface area contributed by atoms with Crippen LogP contribution >= 0.6 is 0 Å². The Morgan fingerprint density at radius 2 is 1.69 bits per heavy atom. The van der Waals surface area contributed by atoms with Gasteiger partial charge in [-0.2, -0.15) is 4.98 Å². The van der Waals surface area contributed by atoms with E-state index in [-0.39, 0.29) is 11.8 Å². The first-order valence-electron chi connectivity index (χ1n) is 9.24. The molecule has 3 aromatic rings. The highest BCUT2D eigenvalue weighted by molar-refractivity contribution is 6.10. The molecule has 0 fully saturated rings. The summed E-state index contributed by atoms with van der Waals surface area (Å²) in [5.74, 6) is 1.30. The van der Waals surface area contributed by atoms with Crippen molar-refractivity contribution in [2.75, 3.05) is 23.5 Å².